The Labute approximate surface area is 211 Å². The number of hydrogen-bond donors (Lipinski definition) is 0. The number of ether oxygens (including phenoxy) is 2. The molecule has 0 aliphatic rings. The summed E-state index contributed by atoms with van der Waals surface area (Å²) >= 11 is 0. The highest BCUT2D eigenvalue weighted by atomic mass is 16.5. The van der Waals surface area contributed by atoms with E-state index in [0.29, 0.717) is 29.9 Å². The molecular weight excluding hydrogens is 458 g/mol. The highest BCUT2D eigenvalue weighted by Gasteiger charge is 2.16. The van der Waals surface area contributed by atoms with E-state index in [1.165, 1.54) is 20.6 Å². The van der Waals surface area contributed by atoms with E-state index in [0.717, 1.165) is 12.8 Å². The Bertz CT molecular complexity index is 1210. The summed E-state index contributed by atoms with van der Waals surface area (Å²) in [6.07, 6.45) is 1.69. The molecule has 1 aromatic heterocycles. The number of unbranched alkanes of at least 4 members (excludes halogenated alkanes) is 1. The Balaban J connectivity index is 1.71. The number of carbonyl (C=O) groups excluding carboxylic acids is 2. The molecule has 0 atom stereocenters. The second-order valence-electron chi connectivity index (χ2n) is 9.17. The zero-order chi connectivity index (χ0) is 26.1. The molecule has 192 valence electrons. The molecule has 1 amide bonds. The zero-order valence-electron chi connectivity index (χ0n) is 21.7. The van der Waals surface area contributed by atoms with Crippen LogP contribution in [0.2, 0.25) is 0 Å². The van der Waals surface area contributed by atoms with Crippen LogP contribution >= 0.6 is 0 Å². The molecule has 0 bridgehead atoms. The fourth-order valence-corrected chi connectivity index (χ4v) is 3.42. The van der Waals surface area contributed by atoms with Gasteiger partial charge < -0.3 is 9.47 Å². The van der Waals surface area contributed by atoms with Gasteiger partial charge in [0, 0.05) is 0 Å². The van der Waals surface area contributed by atoms with Crippen molar-refractivity contribution in [3.63, 3.8) is 0 Å². The van der Waals surface area contributed by atoms with Crippen molar-refractivity contribution in [2.45, 2.75) is 65.8 Å². The van der Waals surface area contributed by atoms with Gasteiger partial charge in [0.1, 0.15) is 11.5 Å². The topological polar surface area (TPSA) is 101 Å². The zero-order valence-corrected chi connectivity index (χ0v) is 21.7. The van der Waals surface area contributed by atoms with Gasteiger partial charge in [0.05, 0.1) is 6.54 Å². The van der Waals surface area contributed by atoms with Crippen LogP contribution in [0.3, 0.4) is 0 Å². The smallest absolute Gasteiger partial charge is 0.287 e. The molecule has 0 radical (unpaired) electrons. The molecule has 36 heavy (non-hydrogen) atoms. The minimum Gasteiger partial charge on any atom is -0.484 e. The summed E-state index contributed by atoms with van der Waals surface area (Å²) in [6.45, 7) is 10.4. The second kappa shape index (κ2) is 12.8. The highest BCUT2D eigenvalue weighted by Crippen LogP contribution is 2.19. The number of nitrogens with zero attached hydrogens (tertiary/aromatic N) is 5. The second-order valence-corrected chi connectivity index (χ2v) is 9.17. The lowest BCUT2D eigenvalue weighted by Gasteiger charge is -2.10. The van der Waals surface area contributed by atoms with Crippen LogP contribution in [0.15, 0.2) is 53.5 Å². The van der Waals surface area contributed by atoms with Gasteiger partial charge in [-0.1, -0.05) is 70.4 Å². The normalized spacial score (nSPS) is 11.8. The number of rotatable bonds is 11. The van der Waals surface area contributed by atoms with Crippen LogP contribution in [0, 0.1) is 0 Å². The fourth-order valence-electron chi connectivity index (χ4n) is 3.42. The van der Waals surface area contributed by atoms with Gasteiger partial charge in [0.2, 0.25) is 0 Å². The molecule has 1 heterocycles. The standard InChI is InChI=1S/C27H35N5O4/c1-6-7-16-31-30-29-27(28-25(33)17-35-23-12-8-21(9-13-23)19(2)3)32(31)26(34)18-36-24-14-10-22(11-15-24)20(4)5/h8-15,19-20H,6-7,16-18H2,1-5H3. The van der Waals surface area contributed by atoms with Gasteiger partial charge in [-0.05, 0) is 58.9 Å². The monoisotopic (exact) mass is 493 g/mol. The largest absolute Gasteiger partial charge is 0.484 e. The van der Waals surface area contributed by atoms with E-state index in [-0.39, 0.29) is 18.8 Å². The number of benzene rings is 2. The maximum Gasteiger partial charge on any atom is 0.287 e. The Morgan fingerprint density at radius 1 is 0.861 bits per heavy atom. The molecule has 3 aromatic rings. The predicted molar refractivity (Wildman–Crippen MR) is 136 cm³/mol. The van der Waals surface area contributed by atoms with Crippen molar-refractivity contribution in [3.05, 3.63) is 65.3 Å². The summed E-state index contributed by atoms with van der Waals surface area (Å²) < 4.78 is 12.4. The summed E-state index contributed by atoms with van der Waals surface area (Å²) in [7, 11) is 0. The molecule has 0 saturated heterocycles. The van der Waals surface area contributed by atoms with E-state index >= 15 is 0 Å². The van der Waals surface area contributed by atoms with Crippen molar-refractivity contribution in [2.75, 3.05) is 13.2 Å². The Hall–Kier alpha value is -3.75. The van der Waals surface area contributed by atoms with Gasteiger partial charge in [-0.2, -0.15) is 14.5 Å². The number of carbonyl (C=O) groups is 2. The van der Waals surface area contributed by atoms with Gasteiger partial charge >= 0.3 is 0 Å². The third-order valence-corrected chi connectivity index (χ3v) is 5.65. The summed E-state index contributed by atoms with van der Waals surface area (Å²) in [5.41, 5.74) is 2.26. The van der Waals surface area contributed by atoms with Crippen LogP contribution in [0.5, 0.6) is 11.5 Å². The lowest BCUT2D eigenvalue weighted by atomic mass is 10.0. The minimum atomic E-state index is -0.572. The van der Waals surface area contributed by atoms with E-state index in [4.69, 9.17) is 9.47 Å². The van der Waals surface area contributed by atoms with Gasteiger partial charge in [-0.3, -0.25) is 9.59 Å². The van der Waals surface area contributed by atoms with Gasteiger partial charge in [0.15, 0.2) is 13.2 Å². The van der Waals surface area contributed by atoms with Crippen molar-refractivity contribution >= 4 is 11.8 Å². The summed E-state index contributed by atoms with van der Waals surface area (Å²) in [4.78, 5) is 30.9. The molecule has 0 spiro atoms. The summed E-state index contributed by atoms with van der Waals surface area (Å²) in [6, 6.07) is 15.2. The molecule has 0 aliphatic heterocycles. The minimum absolute atomic E-state index is 0.0985. The van der Waals surface area contributed by atoms with Gasteiger partial charge in [0.25, 0.3) is 17.4 Å². The SMILES string of the molecule is CCCCn1nnc(=NC(=O)COc2ccc(C(C)C)cc2)n1C(=O)COc1ccc(C(C)C)cc1. The molecule has 3 rings (SSSR count). The number of hydrogen-bond acceptors (Lipinski definition) is 6. The first-order chi connectivity index (χ1) is 17.3. The third kappa shape index (κ3) is 7.37. The third-order valence-electron chi connectivity index (χ3n) is 5.65. The fraction of sp³-hybridized carbons (Fsp3) is 0.444. The molecule has 9 heteroatoms. The first-order valence-electron chi connectivity index (χ1n) is 12.4. The van der Waals surface area contributed by atoms with Crippen LogP contribution < -0.4 is 15.1 Å². The van der Waals surface area contributed by atoms with Crippen molar-refractivity contribution < 1.29 is 19.1 Å². The predicted octanol–water partition coefficient (Wildman–Crippen LogP) is 4.35. The van der Waals surface area contributed by atoms with Gasteiger partial charge in [-0.25, -0.2) is 0 Å². The number of tetrazole rings is 1. The maximum absolute atomic E-state index is 13.0. The number of amides is 1. The Kier molecular flexibility index (Phi) is 9.55. The van der Waals surface area contributed by atoms with Crippen LogP contribution in [-0.4, -0.2) is 44.8 Å². The molecule has 0 fully saturated rings. The molecule has 0 N–H and O–H groups in total. The van der Waals surface area contributed by atoms with E-state index < -0.39 is 11.8 Å². The molecule has 2 aromatic carbocycles. The lowest BCUT2D eigenvalue weighted by Crippen LogP contribution is -2.36. The van der Waals surface area contributed by atoms with E-state index in [2.05, 4.69) is 43.0 Å². The number of aromatic nitrogens is 4. The first-order valence-corrected chi connectivity index (χ1v) is 12.4. The van der Waals surface area contributed by atoms with Crippen molar-refractivity contribution in [1.82, 2.24) is 19.8 Å². The molecule has 0 aliphatic carbocycles. The van der Waals surface area contributed by atoms with E-state index in [9.17, 15) is 9.59 Å². The van der Waals surface area contributed by atoms with Crippen LogP contribution in [0.1, 0.15) is 75.2 Å². The van der Waals surface area contributed by atoms with Crippen LogP contribution in [0.4, 0.5) is 0 Å². The van der Waals surface area contributed by atoms with Crippen LogP contribution in [0.25, 0.3) is 0 Å². The summed E-state index contributed by atoms with van der Waals surface area (Å²) in [5.74, 6) is 0.948. The van der Waals surface area contributed by atoms with Crippen molar-refractivity contribution in [1.29, 1.82) is 0 Å². The van der Waals surface area contributed by atoms with Crippen LogP contribution in [-0.2, 0) is 11.3 Å². The first kappa shape index (κ1) is 26.8. The molecular formula is C27H35N5O4. The van der Waals surface area contributed by atoms with E-state index in [1.807, 2.05) is 55.5 Å². The Morgan fingerprint density at radius 2 is 1.39 bits per heavy atom. The lowest BCUT2D eigenvalue weighted by molar-refractivity contribution is -0.120. The Morgan fingerprint density at radius 3 is 1.89 bits per heavy atom. The average molecular weight is 494 g/mol. The maximum atomic E-state index is 13.0. The van der Waals surface area contributed by atoms with E-state index in [1.54, 1.807) is 0 Å². The highest BCUT2D eigenvalue weighted by molar-refractivity contribution is 5.81. The quantitative estimate of drug-likeness (QED) is 0.368. The van der Waals surface area contributed by atoms with Crippen molar-refractivity contribution in [2.24, 2.45) is 4.99 Å². The number of aryl methyl sites for hydroxylation is 1. The molecule has 0 saturated carbocycles. The summed E-state index contributed by atoms with van der Waals surface area (Å²) in [5, 5.41) is 7.98. The average Bonchev–Trinajstić information content (AvgIpc) is 3.27. The molecule has 0 unspecified atom stereocenters. The molecule has 9 nitrogen and oxygen atoms in total. The van der Waals surface area contributed by atoms with Gasteiger partial charge in [-0.15, -0.1) is 0 Å². The van der Waals surface area contributed by atoms with Crippen molar-refractivity contribution in [3.8, 4) is 11.5 Å².